The highest BCUT2D eigenvalue weighted by atomic mass is 16.5. The van der Waals surface area contributed by atoms with E-state index in [-0.39, 0.29) is 5.56 Å². The fourth-order valence-corrected chi connectivity index (χ4v) is 1.42. The van der Waals surface area contributed by atoms with Crippen LogP contribution >= 0.6 is 0 Å². The Hall–Kier alpha value is -1.42. The molecule has 0 bridgehead atoms. The molecule has 0 radical (unpaired) electrons. The van der Waals surface area contributed by atoms with Crippen LogP contribution in [0.3, 0.4) is 0 Å². The molecule has 0 amide bonds. The zero-order valence-corrected chi connectivity index (χ0v) is 7.20. The van der Waals surface area contributed by atoms with Crippen molar-refractivity contribution in [2.24, 2.45) is 0 Å². The number of aryl methyl sites for hydroxylation is 1. The van der Waals surface area contributed by atoms with Gasteiger partial charge in [-0.25, -0.2) is 4.79 Å². The zero-order chi connectivity index (χ0) is 9.42. The summed E-state index contributed by atoms with van der Waals surface area (Å²) >= 11 is 0. The van der Waals surface area contributed by atoms with Crippen LogP contribution in [0.15, 0.2) is 6.07 Å². The van der Waals surface area contributed by atoms with Crippen molar-refractivity contribution in [3.63, 3.8) is 0 Å². The maximum atomic E-state index is 10.7. The molecule has 0 fully saturated rings. The van der Waals surface area contributed by atoms with Gasteiger partial charge in [0.2, 0.25) is 0 Å². The molecular weight excluding hydrogens is 170 g/mol. The Morgan fingerprint density at radius 3 is 3.08 bits per heavy atom. The number of carbonyl (C=O) groups is 1. The molecule has 1 aliphatic rings. The molecule has 0 saturated heterocycles. The van der Waals surface area contributed by atoms with E-state index in [1.807, 2.05) is 0 Å². The number of hydrogen-bond donors (Lipinski definition) is 1. The van der Waals surface area contributed by atoms with E-state index in [0.29, 0.717) is 18.9 Å². The first-order chi connectivity index (χ1) is 6.18. The minimum atomic E-state index is -0.931. The summed E-state index contributed by atoms with van der Waals surface area (Å²) in [5.74, 6) is -0.931. The van der Waals surface area contributed by atoms with E-state index in [1.165, 1.54) is 0 Å². The standard InChI is InChI=1S/C9H9NO3/c1-5-7(9(11)12)2-6-3-13-4-8(6)10-5/h2H,3-4H2,1H3,(H,11,12). The summed E-state index contributed by atoms with van der Waals surface area (Å²) in [5, 5.41) is 8.82. The number of ether oxygens (including phenoxy) is 1. The highest BCUT2D eigenvalue weighted by molar-refractivity contribution is 5.89. The van der Waals surface area contributed by atoms with Gasteiger partial charge >= 0.3 is 5.97 Å². The summed E-state index contributed by atoms with van der Waals surface area (Å²) in [7, 11) is 0. The molecule has 0 aromatic carbocycles. The van der Waals surface area contributed by atoms with Crippen molar-refractivity contribution in [1.82, 2.24) is 4.98 Å². The molecule has 1 aromatic heterocycles. The number of aromatic carboxylic acids is 1. The van der Waals surface area contributed by atoms with Crippen molar-refractivity contribution in [2.75, 3.05) is 0 Å². The van der Waals surface area contributed by atoms with Gasteiger partial charge in [0.15, 0.2) is 0 Å². The van der Waals surface area contributed by atoms with Gasteiger partial charge in [0.1, 0.15) is 0 Å². The molecule has 1 N–H and O–H groups in total. The Morgan fingerprint density at radius 1 is 1.62 bits per heavy atom. The second-order valence-electron chi connectivity index (χ2n) is 3.03. The number of nitrogens with zero attached hydrogens (tertiary/aromatic N) is 1. The summed E-state index contributed by atoms with van der Waals surface area (Å²) in [6, 6.07) is 1.65. The molecular formula is C9H9NO3. The molecule has 13 heavy (non-hydrogen) atoms. The normalized spacial score (nSPS) is 14.2. The van der Waals surface area contributed by atoms with Crippen molar-refractivity contribution >= 4 is 5.97 Å². The minimum absolute atomic E-state index is 0.268. The lowest BCUT2D eigenvalue weighted by Crippen LogP contribution is -2.04. The van der Waals surface area contributed by atoms with Gasteiger partial charge in [0.25, 0.3) is 0 Å². The largest absolute Gasteiger partial charge is 0.478 e. The average molecular weight is 179 g/mol. The highest BCUT2D eigenvalue weighted by Gasteiger charge is 2.17. The lowest BCUT2D eigenvalue weighted by molar-refractivity contribution is 0.0695. The van der Waals surface area contributed by atoms with Crippen LogP contribution in [0, 0.1) is 6.92 Å². The van der Waals surface area contributed by atoms with Gasteiger partial charge in [0.05, 0.1) is 30.2 Å². The molecule has 0 saturated carbocycles. The maximum absolute atomic E-state index is 10.7. The Morgan fingerprint density at radius 2 is 2.38 bits per heavy atom. The van der Waals surface area contributed by atoms with Crippen LogP contribution in [0.1, 0.15) is 27.3 Å². The van der Waals surface area contributed by atoms with Crippen LogP contribution in [0.4, 0.5) is 0 Å². The molecule has 0 spiro atoms. The lowest BCUT2D eigenvalue weighted by Gasteiger charge is -2.02. The Labute approximate surface area is 75.2 Å². The van der Waals surface area contributed by atoms with Crippen LogP contribution < -0.4 is 0 Å². The number of aromatic nitrogens is 1. The maximum Gasteiger partial charge on any atom is 0.337 e. The number of hydrogen-bond acceptors (Lipinski definition) is 3. The molecule has 0 aliphatic carbocycles. The minimum Gasteiger partial charge on any atom is -0.478 e. The Bertz CT molecular complexity index is 373. The van der Waals surface area contributed by atoms with Crippen molar-refractivity contribution in [2.45, 2.75) is 20.1 Å². The summed E-state index contributed by atoms with van der Waals surface area (Å²) in [5.41, 5.74) is 2.58. The van der Waals surface area contributed by atoms with Gasteiger partial charge in [-0.3, -0.25) is 4.98 Å². The molecule has 0 unspecified atom stereocenters. The SMILES string of the molecule is Cc1nc2c(cc1C(=O)O)COC2. The molecule has 2 rings (SSSR count). The lowest BCUT2D eigenvalue weighted by atomic mass is 10.1. The van der Waals surface area contributed by atoms with Crippen molar-refractivity contribution < 1.29 is 14.6 Å². The summed E-state index contributed by atoms with van der Waals surface area (Å²) in [6.07, 6.45) is 0. The average Bonchev–Trinajstić information content (AvgIpc) is 2.48. The smallest absolute Gasteiger partial charge is 0.337 e. The van der Waals surface area contributed by atoms with Gasteiger partial charge in [-0.15, -0.1) is 0 Å². The van der Waals surface area contributed by atoms with Crippen LogP contribution in [-0.4, -0.2) is 16.1 Å². The van der Waals surface area contributed by atoms with Crippen LogP contribution in [0.5, 0.6) is 0 Å². The molecule has 4 nitrogen and oxygen atoms in total. The van der Waals surface area contributed by atoms with E-state index in [9.17, 15) is 4.79 Å². The third kappa shape index (κ3) is 1.29. The summed E-state index contributed by atoms with van der Waals surface area (Å²) in [6.45, 7) is 2.67. The number of carboxylic acid groups (broad SMARTS) is 1. The molecule has 1 aromatic rings. The first kappa shape index (κ1) is 8.19. The Balaban J connectivity index is 2.55. The van der Waals surface area contributed by atoms with Gasteiger partial charge < -0.3 is 9.84 Å². The van der Waals surface area contributed by atoms with Crippen molar-refractivity contribution in [3.05, 3.63) is 28.6 Å². The van der Waals surface area contributed by atoms with E-state index in [1.54, 1.807) is 13.0 Å². The van der Waals surface area contributed by atoms with Gasteiger partial charge in [0, 0.05) is 5.56 Å². The number of rotatable bonds is 1. The first-order valence-corrected chi connectivity index (χ1v) is 3.99. The second kappa shape index (κ2) is 2.81. The van der Waals surface area contributed by atoms with E-state index < -0.39 is 5.97 Å². The van der Waals surface area contributed by atoms with Crippen molar-refractivity contribution in [1.29, 1.82) is 0 Å². The second-order valence-corrected chi connectivity index (χ2v) is 3.03. The fraction of sp³-hybridized carbons (Fsp3) is 0.333. The quantitative estimate of drug-likeness (QED) is 0.701. The van der Waals surface area contributed by atoms with E-state index in [2.05, 4.69) is 4.98 Å². The van der Waals surface area contributed by atoms with Gasteiger partial charge in [-0.05, 0) is 13.0 Å². The molecule has 68 valence electrons. The van der Waals surface area contributed by atoms with E-state index >= 15 is 0 Å². The third-order valence-electron chi connectivity index (χ3n) is 2.11. The number of fused-ring (bicyclic) bond motifs is 1. The number of carboxylic acids is 1. The molecule has 4 heteroatoms. The molecule has 1 aliphatic heterocycles. The van der Waals surface area contributed by atoms with E-state index in [4.69, 9.17) is 9.84 Å². The Kier molecular flexibility index (Phi) is 1.77. The zero-order valence-electron chi connectivity index (χ0n) is 7.20. The van der Waals surface area contributed by atoms with Crippen LogP contribution in [-0.2, 0) is 18.0 Å². The first-order valence-electron chi connectivity index (χ1n) is 3.99. The predicted molar refractivity (Wildman–Crippen MR) is 44.4 cm³/mol. The van der Waals surface area contributed by atoms with Crippen LogP contribution in [0.25, 0.3) is 0 Å². The third-order valence-corrected chi connectivity index (χ3v) is 2.11. The van der Waals surface area contributed by atoms with Crippen molar-refractivity contribution in [3.8, 4) is 0 Å². The highest BCUT2D eigenvalue weighted by Crippen LogP contribution is 2.20. The molecule has 0 atom stereocenters. The number of pyridine rings is 1. The monoisotopic (exact) mass is 179 g/mol. The molecule has 2 heterocycles. The predicted octanol–water partition coefficient (Wildman–Crippen LogP) is 1.12. The van der Waals surface area contributed by atoms with Gasteiger partial charge in [-0.2, -0.15) is 0 Å². The summed E-state index contributed by atoms with van der Waals surface area (Å²) < 4.78 is 5.15. The van der Waals surface area contributed by atoms with E-state index in [0.717, 1.165) is 11.3 Å². The van der Waals surface area contributed by atoms with Crippen LogP contribution in [0.2, 0.25) is 0 Å². The van der Waals surface area contributed by atoms with Gasteiger partial charge in [-0.1, -0.05) is 0 Å². The topological polar surface area (TPSA) is 59.4 Å². The summed E-state index contributed by atoms with van der Waals surface area (Å²) in [4.78, 5) is 14.9. The fourth-order valence-electron chi connectivity index (χ4n) is 1.42.